The van der Waals surface area contributed by atoms with E-state index in [9.17, 15) is 0 Å². The van der Waals surface area contributed by atoms with Crippen LogP contribution in [0, 0.1) is 6.92 Å². The van der Waals surface area contributed by atoms with Gasteiger partial charge < -0.3 is 9.63 Å². The van der Waals surface area contributed by atoms with Gasteiger partial charge >= 0.3 is 0 Å². The van der Waals surface area contributed by atoms with E-state index < -0.39 is 6.10 Å². The minimum atomic E-state index is -0.661. The van der Waals surface area contributed by atoms with Gasteiger partial charge in [0.15, 0.2) is 5.82 Å². The maximum atomic E-state index is 8.84. The fourth-order valence-corrected chi connectivity index (χ4v) is 0.483. The van der Waals surface area contributed by atoms with Crippen LogP contribution in [-0.2, 0) is 0 Å². The Morgan fingerprint density at radius 2 is 2.33 bits per heavy atom. The summed E-state index contributed by atoms with van der Waals surface area (Å²) in [5, 5.41) is 12.3. The number of aromatic nitrogens is 2. The molecule has 1 aromatic rings. The highest BCUT2D eigenvalue weighted by molar-refractivity contribution is 4.84. The van der Waals surface area contributed by atoms with Crippen molar-refractivity contribution in [2.75, 3.05) is 0 Å². The van der Waals surface area contributed by atoms with Gasteiger partial charge in [-0.3, -0.25) is 0 Å². The average molecular weight is 128 g/mol. The second-order valence-corrected chi connectivity index (χ2v) is 1.86. The molecule has 0 saturated heterocycles. The van der Waals surface area contributed by atoms with E-state index in [0.717, 1.165) is 0 Å². The predicted molar refractivity (Wildman–Crippen MR) is 29.7 cm³/mol. The molecule has 0 aliphatic heterocycles. The molecule has 1 aromatic heterocycles. The van der Waals surface area contributed by atoms with E-state index >= 15 is 0 Å². The van der Waals surface area contributed by atoms with Gasteiger partial charge in [-0.05, 0) is 13.8 Å². The lowest BCUT2D eigenvalue weighted by molar-refractivity contribution is 0.151. The Hall–Kier alpha value is -0.900. The van der Waals surface area contributed by atoms with Crippen molar-refractivity contribution in [3.63, 3.8) is 0 Å². The van der Waals surface area contributed by atoms with Gasteiger partial charge in [-0.2, -0.15) is 4.98 Å². The predicted octanol–water partition coefficient (Wildman–Crippen LogP) is 0.431. The summed E-state index contributed by atoms with van der Waals surface area (Å²) in [4.78, 5) is 3.78. The van der Waals surface area contributed by atoms with Crippen LogP contribution in [0.5, 0.6) is 0 Å². The summed E-state index contributed by atoms with van der Waals surface area (Å²) < 4.78 is 4.61. The van der Waals surface area contributed by atoms with Gasteiger partial charge in [0.25, 0.3) is 5.89 Å². The summed E-state index contributed by atoms with van der Waals surface area (Å²) in [5.41, 5.74) is 0. The van der Waals surface area contributed by atoms with Crippen LogP contribution in [0.25, 0.3) is 0 Å². The van der Waals surface area contributed by atoms with E-state index in [2.05, 4.69) is 14.7 Å². The second kappa shape index (κ2) is 2.14. The number of aliphatic hydroxyl groups excluding tert-OH is 1. The molecule has 50 valence electrons. The van der Waals surface area contributed by atoms with Crippen molar-refractivity contribution in [3.05, 3.63) is 11.7 Å². The summed E-state index contributed by atoms with van der Waals surface area (Å²) in [7, 11) is 0. The molecule has 0 aromatic carbocycles. The van der Waals surface area contributed by atoms with E-state index in [0.29, 0.717) is 5.82 Å². The quantitative estimate of drug-likeness (QED) is 0.595. The first kappa shape index (κ1) is 6.22. The molecule has 0 amide bonds. The first-order valence-corrected chi connectivity index (χ1v) is 2.68. The maximum absolute atomic E-state index is 8.84. The monoisotopic (exact) mass is 128 g/mol. The highest BCUT2D eigenvalue weighted by Gasteiger charge is 2.07. The lowest BCUT2D eigenvalue weighted by Gasteiger charge is -1.90. The molecule has 1 heterocycles. The van der Waals surface area contributed by atoms with E-state index in [-0.39, 0.29) is 5.89 Å². The molecule has 0 spiro atoms. The topological polar surface area (TPSA) is 59.2 Å². The summed E-state index contributed by atoms with van der Waals surface area (Å²) >= 11 is 0. The number of nitrogens with zero attached hydrogens (tertiary/aromatic N) is 2. The SMILES string of the molecule is Cc1noc(C(C)O)n1. The van der Waals surface area contributed by atoms with E-state index in [1.165, 1.54) is 0 Å². The molecule has 4 nitrogen and oxygen atoms in total. The van der Waals surface area contributed by atoms with E-state index in [4.69, 9.17) is 5.11 Å². The van der Waals surface area contributed by atoms with Gasteiger partial charge in [0.1, 0.15) is 6.10 Å². The van der Waals surface area contributed by atoms with Gasteiger partial charge in [0.05, 0.1) is 0 Å². The van der Waals surface area contributed by atoms with Gasteiger partial charge in [0, 0.05) is 0 Å². The Labute approximate surface area is 52.5 Å². The number of aliphatic hydroxyl groups is 1. The van der Waals surface area contributed by atoms with Crippen molar-refractivity contribution in [1.29, 1.82) is 0 Å². The molecule has 1 rings (SSSR count). The molecular formula is C5H8N2O2. The largest absolute Gasteiger partial charge is 0.384 e. The summed E-state index contributed by atoms with van der Waals surface area (Å²) in [6.07, 6.45) is -0.661. The van der Waals surface area contributed by atoms with Crippen molar-refractivity contribution in [2.24, 2.45) is 0 Å². The molecule has 0 bridgehead atoms. The van der Waals surface area contributed by atoms with Crippen molar-refractivity contribution in [3.8, 4) is 0 Å². The van der Waals surface area contributed by atoms with Crippen LogP contribution in [0.4, 0.5) is 0 Å². The van der Waals surface area contributed by atoms with Crippen LogP contribution in [-0.4, -0.2) is 15.2 Å². The highest BCUT2D eigenvalue weighted by atomic mass is 16.5. The van der Waals surface area contributed by atoms with Crippen molar-refractivity contribution < 1.29 is 9.63 Å². The van der Waals surface area contributed by atoms with Gasteiger partial charge in [0.2, 0.25) is 0 Å². The fraction of sp³-hybridized carbons (Fsp3) is 0.600. The van der Waals surface area contributed by atoms with Crippen LogP contribution >= 0.6 is 0 Å². The van der Waals surface area contributed by atoms with Crippen LogP contribution in [0.2, 0.25) is 0 Å². The van der Waals surface area contributed by atoms with E-state index in [1.807, 2.05) is 0 Å². The molecule has 0 aliphatic carbocycles. The smallest absolute Gasteiger partial charge is 0.255 e. The molecule has 1 unspecified atom stereocenters. The molecule has 0 fully saturated rings. The number of hydrogen-bond acceptors (Lipinski definition) is 4. The lowest BCUT2D eigenvalue weighted by Crippen LogP contribution is -1.89. The van der Waals surface area contributed by atoms with Gasteiger partial charge in [-0.15, -0.1) is 0 Å². The zero-order valence-corrected chi connectivity index (χ0v) is 5.33. The minimum absolute atomic E-state index is 0.271. The number of hydrogen-bond donors (Lipinski definition) is 1. The van der Waals surface area contributed by atoms with Crippen molar-refractivity contribution >= 4 is 0 Å². The molecule has 1 N–H and O–H groups in total. The highest BCUT2D eigenvalue weighted by Crippen LogP contribution is 2.06. The van der Waals surface area contributed by atoms with Crippen molar-refractivity contribution in [2.45, 2.75) is 20.0 Å². The second-order valence-electron chi connectivity index (χ2n) is 1.86. The Morgan fingerprint density at radius 3 is 2.56 bits per heavy atom. The van der Waals surface area contributed by atoms with Gasteiger partial charge in [-0.25, -0.2) is 0 Å². The third kappa shape index (κ3) is 1.26. The van der Waals surface area contributed by atoms with Crippen LogP contribution in [0.3, 0.4) is 0 Å². The molecule has 4 heteroatoms. The van der Waals surface area contributed by atoms with E-state index in [1.54, 1.807) is 13.8 Å². The first-order chi connectivity index (χ1) is 4.20. The third-order valence-electron chi connectivity index (χ3n) is 0.901. The summed E-state index contributed by atoms with van der Waals surface area (Å²) in [5.74, 6) is 0.818. The summed E-state index contributed by atoms with van der Waals surface area (Å²) in [6.45, 7) is 3.28. The number of aryl methyl sites for hydroxylation is 1. The molecule has 0 aliphatic rings. The summed E-state index contributed by atoms with van der Waals surface area (Å²) in [6, 6.07) is 0. The standard InChI is InChI=1S/C5H8N2O2/c1-3(8)5-6-4(2)7-9-5/h3,8H,1-2H3. The third-order valence-corrected chi connectivity index (χ3v) is 0.901. The molecule has 9 heavy (non-hydrogen) atoms. The van der Waals surface area contributed by atoms with Crippen LogP contribution in [0.1, 0.15) is 24.7 Å². The van der Waals surface area contributed by atoms with Crippen LogP contribution < -0.4 is 0 Å². The normalized spacial score (nSPS) is 13.7. The molecule has 0 saturated carbocycles. The zero-order chi connectivity index (χ0) is 6.85. The molecular weight excluding hydrogens is 120 g/mol. The number of rotatable bonds is 1. The van der Waals surface area contributed by atoms with Crippen LogP contribution in [0.15, 0.2) is 4.52 Å². The first-order valence-electron chi connectivity index (χ1n) is 2.68. The lowest BCUT2D eigenvalue weighted by atomic mass is 10.4. The fourth-order valence-electron chi connectivity index (χ4n) is 0.483. The van der Waals surface area contributed by atoms with Gasteiger partial charge in [-0.1, -0.05) is 5.16 Å². The van der Waals surface area contributed by atoms with Crippen molar-refractivity contribution in [1.82, 2.24) is 10.1 Å². The Bertz CT molecular complexity index is 195. The Morgan fingerprint density at radius 1 is 1.67 bits per heavy atom. The zero-order valence-electron chi connectivity index (χ0n) is 5.33. The Balaban J connectivity index is 2.85. The molecule has 1 atom stereocenters. The minimum Gasteiger partial charge on any atom is -0.384 e. The average Bonchev–Trinajstić information content (AvgIpc) is 2.14. The molecule has 0 radical (unpaired) electrons. The maximum Gasteiger partial charge on any atom is 0.255 e. The Kier molecular flexibility index (Phi) is 1.48.